The fourth-order valence-electron chi connectivity index (χ4n) is 2.73. The summed E-state index contributed by atoms with van der Waals surface area (Å²) in [5, 5.41) is 1.43. The van der Waals surface area contributed by atoms with Gasteiger partial charge in [-0.25, -0.2) is 9.66 Å². The lowest BCUT2D eigenvalue weighted by Gasteiger charge is -2.06. The van der Waals surface area contributed by atoms with Crippen LogP contribution in [0.3, 0.4) is 0 Å². The third-order valence-corrected chi connectivity index (χ3v) is 3.97. The third kappa shape index (κ3) is 2.95. The number of rotatable bonds is 3. The standard InChI is InChI=1S/C20H14N4O2/c25-18(11-10-15-6-3-5-14-7-4-12-21-19(14)15)23-24-13-22-17-9-2-1-8-16(17)20(24)26/h1-13H,(H,23,25)/b11-10+. The molecule has 0 aliphatic heterocycles. The molecule has 0 spiro atoms. The number of hydrogen-bond donors (Lipinski definition) is 1. The molecule has 0 aliphatic carbocycles. The second kappa shape index (κ2) is 6.60. The Hall–Kier alpha value is -3.80. The van der Waals surface area contributed by atoms with Crippen molar-refractivity contribution in [2.24, 2.45) is 0 Å². The van der Waals surface area contributed by atoms with E-state index in [4.69, 9.17) is 0 Å². The van der Waals surface area contributed by atoms with Gasteiger partial charge in [0.05, 0.1) is 16.4 Å². The van der Waals surface area contributed by atoms with E-state index in [0.717, 1.165) is 21.1 Å². The van der Waals surface area contributed by atoms with Crippen molar-refractivity contribution < 1.29 is 4.79 Å². The lowest BCUT2D eigenvalue weighted by molar-refractivity contribution is -0.112. The predicted molar refractivity (Wildman–Crippen MR) is 101 cm³/mol. The van der Waals surface area contributed by atoms with E-state index < -0.39 is 5.91 Å². The Morgan fingerprint density at radius 1 is 1.00 bits per heavy atom. The number of benzene rings is 2. The summed E-state index contributed by atoms with van der Waals surface area (Å²) in [6.07, 6.45) is 6.05. The molecule has 0 bridgehead atoms. The van der Waals surface area contributed by atoms with Gasteiger partial charge in [0, 0.05) is 23.2 Å². The van der Waals surface area contributed by atoms with E-state index in [9.17, 15) is 9.59 Å². The summed E-state index contributed by atoms with van der Waals surface area (Å²) < 4.78 is 1.08. The molecule has 1 N–H and O–H groups in total. The van der Waals surface area contributed by atoms with Crippen molar-refractivity contribution >= 4 is 33.8 Å². The summed E-state index contributed by atoms with van der Waals surface area (Å²) in [4.78, 5) is 33.1. The second-order valence-electron chi connectivity index (χ2n) is 5.67. The lowest BCUT2D eigenvalue weighted by atomic mass is 10.1. The van der Waals surface area contributed by atoms with Gasteiger partial charge in [0.1, 0.15) is 6.33 Å². The Morgan fingerprint density at radius 2 is 1.85 bits per heavy atom. The number of fused-ring (bicyclic) bond motifs is 2. The monoisotopic (exact) mass is 342 g/mol. The molecule has 4 aromatic rings. The molecule has 6 nitrogen and oxygen atoms in total. The summed E-state index contributed by atoms with van der Waals surface area (Å²) in [6.45, 7) is 0. The Kier molecular flexibility index (Phi) is 3.99. The normalized spacial score (nSPS) is 11.2. The smallest absolute Gasteiger partial charge is 0.268 e. The van der Waals surface area contributed by atoms with E-state index in [2.05, 4.69) is 15.4 Å². The Labute approximate surface area is 148 Å². The van der Waals surface area contributed by atoms with Gasteiger partial charge in [-0.3, -0.25) is 20.0 Å². The molecule has 0 atom stereocenters. The molecule has 2 heterocycles. The number of hydrogen-bond acceptors (Lipinski definition) is 4. The molecule has 2 aromatic heterocycles. The zero-order valence-corrected chi connectivity index (χ0v) is 13.7. The van der Waals surface area contributed by atoms with Gasteiger partial charge in [-0.1, -0.05) is 36.4 Å². The first-order chi connectivity index (χ1) is 12.7. The van der Waals surface area contributed by atoms with E-state index in [1.54, 1.807) is 36.5 Å². The van der Waals surface area contributed by atoms with Gasteiger partial charge >= 0.3 is 0 Å². The van der Waals surface area contributed by atoms with E-state index in [-0.39, 0.29) is 5.56 Å². The maximum atomic E-state index is 12.4. The number of amides is 1. The molecule has 0 saturated carbocycles. The molecule has 126 valence electrons. The Morgan fingerprint density at radius 3 is 2.77 bits per heavy atom. The molecule has 2 aromatic carbocycles. The number of nitrogens with one attached hydrogen (secondary N) is 1. The average molecular weight is 342 g/mol. The molecule has 0 fully saturated rings. The summed E-state index contributed by atoms with van der Waals surface area (Å²) in [5.41, 5.74) is 4.40. The Bertz CT molecular complexity index is 1210. The summed E-state index contributed by atoms with van der Waals surface area (Å²) in [6, 6.07) is 16.5. The molecular formula is C20H14N4O2. The molecule has 4 rings (SSSR count). The first-order valence-electron chi connectivity index (χ1n) is 8.01. The van der Waals surface area contributed by atoms with Gasteiger partial charge in [-0.05, 0) is 24.3 Å². The summed E-state index contributed by atoms with van der Waals surface area (Å²) in [5.74, 6) is -0.433. The largest absolute Gasteiger partial charge is 0.280 e. The zero-order chi connectivity index (χ0) is 17.9. The van der Waals surface area contributed by atoms with Gasteiger partial charge in [0.2, 0.25) is 0 Å². The predicted octanol–water partition coefficient (Wildman–Crippen LogP) is 2.73. The maximum Gasteiger partial charge on any atom is 0.280 e. The van der Waals surface area contributed by atoms with Crippen LogP contribution in [0, 0.1) is 0 Å². The summed E-state index contributed by atoms with van der Waals surface area (Å²) in [7, 11) is 0. The van der Waals surface area contributed by atoms with Crippen LogP contribution in [0.1, 0.15) is 5.56 Å². The van der Waals surface area contributed by atoms with E-state index >= 15 is 0 Å². The highest BCUT2D eigenvalue weighted by atomic mass is 16.2. The van der Waals surface area contributed by atoms with Gasteiger partial charge in [-0.2, -0.15) is 0 Å². The van der Waals surface area contributed by atoms with Crippen molar-refractivity contribution in [2.45, 2.75) is 0 Å². The SMILES string of the molecule is O=C(/C=C/c1cccc2cccnc12)Nn1cnc2ccccc2c1=O. The minimum Gasteiger partial charge on any atom is -0.268 e. The second-order valence-corrected chi connectivity index (χ2v) is 5.67. The fourth-order valence-corrected chi connectivity index (χ4v) is 2.73. The van der Waals surface area contributed by atoms with Crippen LogP contribution in [0.15, 0.2) is 78.0 Å². The first-order valence-corrected chi connectivity index (χ1v) is 8.01. The quantitative estimate of drug-likeness (QED) is 0.581. The summed E-state index contributed by atoms with van der Waals surface area (Å²) >= 11 is 0. The fraction of sp³-hybridized carbons (Fsp3) is 0. The topological polar surface area (TPSA) is 76.9 Å². The van der Waals surface area contributed by atoms with Crippen molar-refractivity contribution in [1.82, 2.24) is 14.6 Å². The van der Waals surface area contributed by atoms with Gasteiger partial charge in [0.25, 0.3) is 11.5 Å². The molecule has 0 radical (unpaired) electrons. The van der Waals surface area contributed by atoms with Crippen LogP contribution >= 0.6 is 0 Å². The number of carbonyl (C=O) groups is 1. The minimum absolute atomic E-state index is 0.329. The number of carbonyl (C=O) groups excluding carboxylic acids is 1. The van der Waals surface area contributed by atoms with Crippen LogP contribution in [0.4, 0.5) is 0 Å². The van der Waals surface area contributed by atoms with Crippen LogP contribution in [0.2, 0.25) is 0 Å². The number of nitrogens with zero attached hydrogens (tertiary/aromatic N) is 3. The highest BCUT2D eigenvalue weighted by Crippen LogP contribution is 2.17. The van der Waals surface area contributed by atoms with E-state index in [1.807, 2.05) is 30.3 Å². The molecule has 0 aliphatic rings. The van der Waals surface area contributed by atoms with Crippen LogP contribution in [0.25, 0.3) is 27.9 Å². The molecule has 6 heteroatoms. The van der Waals surface area contributed by atoms with E-state index in [1.165, 1.54) is 12.4 Å². The molecular weight excluding hydrogens is 328 g/mol. The average Bonchev–Trinajstić information content (AvgIpc) is 2.69. The Balaban J connectivity index is 1.60. The van der Waals surface area contributed by atoms with Crippen LogP contribution in [-0.4, -0.2) is 20.6 Å². The first kappa shape index (κ1) is 15.7. The highest BCUT2D eigenvalue weighted by molar-refractivity contribution is 5.99. The number of para-hydroxylation sites is 2. The third-order valence-electron chi connectivity index (χ3n) is 3.97. The minimum atomic E-state index is -0.433. The van der Waals surface area contributed by atoms with Crippen molar-refractivity contribution in [3.8, 4) is 0 Å². The van der Waals surface area contributed by atoms with Crippen LogP contribution in [0.5, 0.6) is 0 Å². The molecule has 0 saturated heterocycles. The molecule has 26 heavy (non-hydrogen) atoms. The van der Waals surface area contributed by atoms with Gasteiger partial charge in [0.15, 0.2) is 0 Å². The van der Waals surface area contributed by atoms with Crippen molar-refractivity contribution in [2.75, 3.05) is 5.43 Å². The molecule has 0 unspecified atom stereocenters. The van der Waals surface area contributed by atoms with Crippen LogP contribution in [-0.2, 0) is 4.79 Å². The van der Waals surface area contributed by atoms with Gasteiger partial charge in [-0.15, -0.1) is 0 Å². The van der Waals surface area contributed by atoms with E-state index in [0.29, 0.717) is 10.9 Å². The van der Waals surface area contributed by atoms with Crippen molar-refractivity contribution in [3.05, 3.63) is 89.1 Å². The number of pyridine rings is 1. The number of aromatic nitrogens is 3. The lowest BCUT2D eigenvalue weighted by Crippen LogP contribution is -2.32. The van der Waals surface area contributed by atoms with Gasteiger partial charge < -0.3 is 0 Å². The van der Waals surface area contributed by atoms with Crippen LogP contribution < -0.4 is 11.0 Å². The zero-order valence-electron chi connectivity index (χ0n) is 13.7. The highest BCUT2D eigenvalue weighted by Gasteiger charge is 2.05. The van der Waals surface area contributed by atoms with Crippen molar-refractivity contribution in [1.29, 1.82) is 0 Å². The molecule has 1 amide bonds. The maximum absolute atomic E-state index is 12.4. The van der Waals surface area contributed by atoms with Crippen molar-refractivity contribution in [3.63, 3.8) is 0 Å².